The lowest BCUT2D eigenvalue weighted by atomic mass is 10.0. The highest BCUT2D eigenvalue weighted by Crippen LogP contribution is 2.29. The fourth-order valence-electron chi connectivity index (χ4n) is 3.50. The molecule has 2 saturated heterocycles. The summed E-state index contributed by atoms with van der Waals surface area (Å²) < 4.78 is 29.6. The monoisotopic (exact) mass is 384 g/mol. The SMILES string of the molecule is CC(C)c1cc(C(=O)N2CCN(C(=O)N(C)C)[C@H]3CS(=O)(=O)C[C@H]32)on1. The van der Waals surface area contributed by atoms with Gasteiger partial charge < -0.3 is 19.2 Å². The van der Waals surface area contributed by atoms with Crippen molar-refractivity contribution in [3.63, 3.8) is 0 Å². The van der Waals surface area contributed by atoms with E-state index in [0.29, 0.717) is 5.69 Å². The third-order valence-corrected chi connectivity index (χ3v) is 6.59. The van der Waals surface area contributed by atoms with Crippen LogP contribution in [0.2, 0.25) is 0 Å². The van der Waals surface area contributed by atoms with E-state index in [9.17, 15) is 18.0 Å². The predicted octanol–water partition coefficient (Wildman–Crippen LogP) is 0.403. The van der Waals surface area contributed by atoms with Gasteiger partial charge in [-0.25, -0.2) is 13.2 Å². The number of carbonyl (C=O) groups excluding carboxylic acids is 2. The second-order valence-corrected chi connectivity index (χ2v) is 9.51. The summed E-state index contributed by atoms with van der Waals surface area (Å²) in [5.41, 5.74) is 0.672. The van der Waals surface area contributed by atoms with Gasteiger partial charge in [-0.15, -0.1) is 0 Å². The van der Waals surface area contributed by atoms with Crippen molar-refractivity contribution < 1.29 is 22.5 Å². The Balaban J connectivity index is 1.87. The first-order valence-electron chi connectivity index (χ1n) is 8.56. The molecule has 3 amide bonds. The Morgan fingerprint density at radius 2 is 1.77 bits per heavy atom. The van der Waals surface area contributed by atoms with E-state index in [0.717, 1.165) is 0 Å². The van der Waals surface area contributed by atoms with Crippen LogP contribution in [0.25, 0.3) is 0 Å². The van der Waals surface area contributed by atoms with E-state index in [2.05, 4.69) is 5.16 Å². The third-order valence-electron chi connectivity index (χ3n) is 4.90. The van der Waals surface area contributed by atoms with Crippen LogP contribution in [0.15, 0.2) is 10.6 Å². The number of amides is 3. The zero-order chi connectivity index (χ0) is 19.2. The molecule has 0 aromatic carbocycles. The summed E-state index contributed by atoms with van der Waals surface area (Å²) in [6, 6.07) is 0.242. The minimum Gasteiger partial charge on any atom is -0.351 e. The zero-order valence-electron chi connectivity index (χ0n) is 15.4. The third kappa shape index (κ3) is 3.29. The number of carbonyl (C=O) groups is 2. The summed E-state index contributed by atoms with van der Waals surface area (Å²) in [7, 11) is -0.0798. The molecule has 0 bridgehead atoms. The maximum absolute atomic E-state index is 12.9. The number of hydrogen-bond donors (Lipinski definition) is 0. The molecule has 2 atom stereocenters. The smallest absolute Gasteiger partial charge is 0.319 e. The Morgan fingerprint density at radius 1 is 1.19 bits per heavy atom. The van der Waals surface area contributed by atoms with Crippen molar-refractivity contribution in [3.8, 4) is 0 Å². The van der Waals surface area contributed by atoms with Crippen LogP contribution in [0.4, 0.5) is 4.79 Å². The van der Waals surface area contributed by atoms with Gasteiger partial charge in [0.2, 0.25) is 5.76 Å². The van der Waals surface area contributed by atoms with Crippen LogP contribution in [-0.2, 0) is 9.84 Å². The van der Waals surface area contributed by atoms with Crippen molar-refractivity contribution in [1.29, 1.82) is 0 Å². The van der Waals surface area contributed by atoms with Gasteiger partial charge in [0.1, 0.15) is 0 Å². The molecule has 2 fully saturated rings. The number of sulfone groups is 1. The van der Waals surface area contributed by atoms with Crippen molar-refractivity contribution in [2.24, 2.45) is 0 Å². The highest BCUT2D eigenvalue weighted by atomic mass is 32.2. The molecule has 26 heavy (non-hydrogen) atoms. The van der Waals surface area contributed by atoms with Gasteiger partial charge >= 0.3 is 6.03 Å². The highest BCUT2D eigenvalue weighted by Gasteiger charge is 2.50. The summed E-state index contributed by atoms with van der Waals surface area (Å²) in [6.45, 7) is 4.42. The maximum atomic E-state index is 12.9. The van der Waals surface area contributed by atoms with Crippen LogP contribution in [0.1, 0.15) is 36.0 Å². The van der Waals surface area contributed by atoms with Gasteiger partial charge in [0.05, 0.1) is 29.3 Å². The van der Waals surface area contributed by atoms with Gasteiger partial charge in [-0.05, 0) is 5.92 Å². The first-order valence-corrected chi connectivity index (χ1v) is 10.4. The van der Waals surface area contributed by atoms with E-state index in [-0.39, 0.29) is 48.2 Å². The van der Waals surface area contributed by atoms with E-state index in [1.54, 1.807) is 25.1 Å². The molecule has 2 aliphatic heterocycles. The van der Waals surface area contributed by atoms with Crippen LogP contribution >= 0.6 is 0 Å². The molecule has 0 spiro atoms. The Bertz CT molecular complexity index is 816. The predicted molar refractivity (Wildman–Crippen MR) is 93.6 cm³/mol. The zero-order valence-corrected chi connectivity index (χ0v) is 16.2. The van der Waals surface area contributed by atoms with Crippen LogP contribution < -0.4 is 0 Å². The number of fused-ring (bicyclic) bond motifs is 1. The number of piperazine rings is 1. The number of aromatic nitrogens is 1. The van der Waals surface area contributed by atoms with E-state index in [4.69, 9.17) is 4.52 Å². The van der Waals surface area contributed by atoms with Crippen LogP contribution in [0.3, 0.4) is 0 Å². The average Bonchev–Trinajstić information content (AvgIpc) is 3.15. The molecular formula is C16H24N4O5S. The van der Waals surface area contributed by atoms with Crippen molar-refractivity contribution >= 4 is 21.8 Å². The van der Waals surface area contributed by atoms with E-state index >= 15 is 0 Å². The molecule has 10 heteroatoms. The molecule has 1 aromatic rings. The lowest BCUT2D eigenvalue weighted by Crippen LogP contribution is -2.63. The summed E-state index contributed by atoms with van der Waals surface area (Å²) in [5, 5.41) is 3.90. The molecule has 2 aliphatic rings. The molecule has 1 aromatic heterocycles. The summed E-state index contributed by atoms with van der Waals surface area (Å²) in [4.78, 5) is 29.8. The molecule has 144 valence electrons. The Morgan fingerprint density at radius 3 is 2.31 bits per heavy atom. The van der Waals surface area contributed by atoms with E-state index in [1.165, 1.54) is 9.80 Å². The molecule has 0 radical (unpaired) electrons. The summed E-state index contributed by atoms with van der Waals surface area (Å²) in [6.07, 6.45) is 0. The fraction of sp³-hybridized carbons (Fsp3) is 0.688. The first kappa shape index (κ1) is 18.7. The lowest BCUT2D eigenvalue weighted by molar-refractivity contribution is 0.0361. The molecule has 0 unspecified atom stereocenters. The van der Waals surface area contributed by atoms with Crippen LogP contribution in [-0.4, -0.2) is 91.0 Å². The minimum absolute atomic E-state index is 0.101. The minimum atomic E-state index is -3.33. The number of hydrogen-bond acceptors (Lipinski definition) is 6. The van der Waals surface area contributed by atoms with Gasteiger partial charge in [-0.3, -0.25) is 4.79 Å². The van der Waals surface area contributed by atoms with Gasteiger partial charge in [0.15, 0.2) is 9.84 Å². The quantitative estimate of drug-likeness (QED) is 0.731. The Kier molecular flexibility index (Phi) is 4.72. The standard InChI is InChI=1S/C16H24N4O5S/c1-10(2)11-7-14(25-17-11)15(21)19-5-6-20(16(22)18(3)4)13-9-26(23,24)8-12(13)19/h7,10,12-13H,5-6,8-9H2,1-4H3/t12-,13+/m1/s1. The van der Waals surface area contributed by atoms with Crippen LogP contribution in [0.5, 0.6) is 0 Å². The Labute approximate surface area is 152 Å². The summed E-state index contributed by atoms with van der Waals surface area (Å²) >= 11 is 0. The molecule has 0 N–H and O–H groups in total. The number of rotatable bonds is 2. The van der Waals surface area contributed by atoms with Crippen molar-refractivity contribution in [1.82, 2.24) is 19.9 Å². The average molecular weight is 384 g/mol. The van der Waals surface area contributed by atoms with Crippen molar-refractivity contribution in [2.45, 2.75) is 31.8 Å². The molecule has 0 aliphatic carbocycles. The second kappa shape index (κ2) is 6.57. The topological polar surface area (TPSA) is 104 Å². The molecule has 3 rings (SSSR count). The van der Waals surface area contributed by atoms with Gasteiger partial charge in [-0.2, -0.15) is 0 Å². The largest absolute Gasteiger partial charge is 0.351 e. The molecule has 9 nitrogen and oxygen atoms in total. The second-order valence-electron chi connectivity index (χ2n) is 7.35. The van der Waals surface area contributed by atoms with E-state index in [1.807, 2.05) is 13.8 Å². The molecule has 0 saturated carbocycles. The Hall–Kier alpha value is -2.10. The summed E-state index contributed by atoms with van der Waals surface area (Å²) in [5.74, 6) is -0.437. The van der Waals surface area contributed by atoms with Gasteiger partial charge in [0.25, 0.3) is 5.91 Å². The van der Waals surface area contributed by atoms with Crippen molar-refractivity contribution in [2.75, 3.05) is 38.7 Å². The number of urea groups is 1. The van der Waals surface area contributed by atoms with Crippen LogP contribution in [0, 0.1) is 0 Å². The molecular weight excluding hydrogens is 360 g/mol. The number of nitrogens with zero attached hydrogens (tertiary/aromatic N) is 4. The first-order chi connectivity index (χ1) is 12.1. The fourth-order valence-corrected chi connectivity index (χ4v) is 5.48. The lowest BCUT2D eigenvalue weighted by Gasteiger charge is -2.44. The molecule has 3 heterocycles. The maximum Gasteiger partial charge on any atom is 0.319 e. The van der Waals surface area contributed by atoms with Gasteiger partial charge in [0, 0.05) is 33.3 Å². The normalized spacial score (nSPS) is 24.7. The van der Waals surface area contributed by atoms with Gasteiger partial charge in [-0.1, -0.05) is 19.0 Å². The van der Waals surface area contributed by atoms with E-state index < -0.39 is 21.9 Å². The highest BCUT2D eigenvalue weighted by molar-refractivity contribution is 7.91. The van der Waals surface area contributed by atoms with Crippen molar-refractivity contribution in [3.05, 3.63) is 17.5 Å².